The Morgan fingerprint density at radius 2 is 1.45 bits per heavy atom. The Bertz CT molecular complexity index is 617. The Balaban J connectivity index is 2.15. The van der Waals surface area contributed by atoms with E-state index in [1.165, 1.54) is 18.4 Å². The van der Waals surface area contributed by atoms with Crippen molar-refractivity contribution in [3.8, 4) is 0 Å². The molecular weight excluding hydrogens is 394 g/mol. The van der Waals surface area contributed by atoms with E-state index in [0.717, 1.165) is 51.7 Å². The molecule has 0 heterocycles. The van der Waals surface area contributed by atoms with Crippen LogP contribution in [0.1, 0.15) is 71.3 Å². The number of carboxylic acid groups (broad SMARTS) is 1. The van der Waals surface area contributed by atoms with Gasteiger partial charge >= 0.3 is 12.2 Å². The summed E-state index contributed by atoms with van der Waals surface area (Å²) in [5.74, 6) is 0. The minimum absolute atomic E-state index is 0.343. The molecule has 0 saturated carbocycles. The van der Waals surface area contributed by atoms with Gasteiger partial charge in [0.05, 0.1) is 0 Å². The average molecular weight is 436 g/mol. The number of carbonyl (C=O) groups is 2. The van der Waals surface area contributed by atoms with Gasteiger partial charge in [0.2, 0.25) is 0 Å². The molecule has 1 aromatic carbocycles. The molecule has 7 nitrogen and oxygen atoms in total. The number of nitrogens with zero attached hydrogens (tertiary/aromatic N) is 1. The van der Waals surface area contributed by atoms with Gasteiger partial charge in [-0.2, -0.15) is 0 Å². The Hall–Kier alpha value is -2.28. The minimum Gasteiger partial charge on any atom is -0.465 e. The zero-order valence-corrected chi connectivity index (χ0v) is 19.5. The largest absolute Gasteiger partial charge is 0.465 e. The molecule has 0 aromatic heterocycles. The number of unbranched alkanes of at least 4 members (excludes halogenated alkanes) is 5. The van der Waals surface area contributed by atoms with Crippen LogP contribution >= 0.6 is 0 Å². The summed E-state index contributed by atoms with van der Waals surface area (Å²) >= 11 is 0. The zero-order valence-electron chi connectivity index (χ0n) is 19.5. The maximum absolute atomic E-state index is 11.6. The molecule has 3 N–H and O–H groups in total. The summed E-state index contributed by atoms with van der Waals surface area (Å²) in [4.78, 5) is 24.6. The van der Waals surface area contributed by atoms with Crippen molar-refractivity contribution in [1.82, 2.24) is 15.5 Å². The van der Waals surface area contributed by atoms with Gasteiger partial charge in [-0.25, -0.2) is 9.59 Å². The fourth-order valence-electron chi connectivity index (χ4n) is 3.28. The van der Waals surface area contributed by atoms with Crippen LogP contribution in [0.4, 0.5) is 9.59 Å². The summed E-state index contributed by atoms with van der Waals surface area (Å²) in [6.07, 6.45) is 6.24. The molecule has 7 heteroatoms. The lowest BCUT2D eigenvalue weighted by atomic mass is 10.1. The lowest BCUT2D eigenvalue weighted by molar-refractivity contribution is 0.0527. The van der Waals surface area contributed by atoms with Crippen LogP contribution in [0.25, 0.3) is 0 Å². The van der Waals surface area contributed by atoms with Gasteiger partial charge in [-0.3, -0.25) is 4.90 Å². The van der Waals surface area contributed by atoms with Crippen LogP contribution in [0.3, 0.4) is 0 Å². The molecule has 0 spiro atoms. The van der Waals surface area contributed by atoms with Crippen LogP contribution in [0.15, 0.2) is 30.3 Å². The third-order valence-corrected chi connectivity index (χ3v) is 4.75. The number of alkyl carbamates (subject to hydrolysis) is 1. The molecule has 0 saturated heterocycles. The molecule has 2 amide bonds. The van der Waals surface area contributed by atoms with Crippen molar-refractivity contribution in [2.24, 2.45) is 0 Å². The second kappa shape index (κ2) is 15.5. The summed E-state index contributed by atoms with van der Waals surface area (Å²) in [5.41, 5.74) is 0.830. The SMILES string of the molecule is CC(C)(C)OC(=O)NCCCCCCCCN(CCCNC(=O)O)Cc1ccccc1. The van der Waals surface area contributed by atoms with E-state index >= 15 is 0 Å². The van der Waals surface area contributed by atoms with Crippen LogP contribution in [0.2, 0.25) is 0 Å². The van der Waals surface area contributed by atoms with E-state index in [4.69, 9.17) is 9.84 Å². The number of carbonyl (C=O) groups excluding carboxylic acids is 1. The number of hydrogen-bond donors (Lipinski definition) is 3. The number of ether oxygens (including phenoxy) is 1. The maximum Gasteiger partial charge on any atom is 0.407 e. The topological polar surface area (TPSA) is 90.9 Å². The first-order valence-corrected chi connectivity index (χ1v) is 11.5. The molecule has 0 aliphatic rings. The lowest BCUT2D eigenvalue weighted by Crippen LogP contribution is -2.32. The van der Waals surface area contributed by atoms with Gasteiger partial charge in [-0.15, -0.1) is 0 Å². The van der Waals surface area contributed by atoms with Crippen molar-refractivity contribution in [3.05, 3.63) is 35.9 Å². The van der Waals surface area contributed by atoms with E-state index in [9.17, 15) is 9.59 Å². The van der Waals surface area contributed by atoms with E-state index in [1.807, 2.05) is 26.8 Å². The van der Waals surface area contributed by atoms with Gasteiger partial charge < -0.3 is 20.5 Å². The molecule has 0 aliphatic heterocycles. The van der Waals surface area contributed by atoms with Crippen LogP contribution in [0.5, 0.6) is 0 Å². The predicted molar refractivity (Wildman–Crippen MR) is 124 cm³/mol. The van der Waals surface area contributed by atoms with Crippen molar-refractivity contribution >= 4 is 12.2 Å². The van der Waals surface area contributed by atoms with Crippen LogP contribution in [-0.2, 0) is 11.3 Å². The van der Waals surface area contributed by atoms with Crippen molar-refractivity contribution in [2.45, 2.75) is 77.9 Å². The lowest BCUT2D eigenvalue weighted by Gasteiger charge is -2.22. The maximum atomic E-state index is 11.6. The molecule has 31 heavy (non-hydrogen) atoms. The molecule has 0 unspecified atom stereocenters. The quantitative estimate of drug-likeness (QED) is 0.337. The monoisotopic (exact) mass is 435 g/mol. The third-order valence-electron chi connectivity index (χ3n) is 4.75. The number of nitrogens with one attached hydrogen (secondary N) is 2. The molecule has 1 rings (SSSR count). The fourth-order valence-corrected chi connectivity index (χ4v) is 3.28. The van der Waals surface area contributed by atoms with Crippen molar-refractivity contribution in [2.75, 3.05) is 26.2 Å². The van der Waals surface area contributed by atoms with Crippen molar-refractivity contribution in [3.63, 3.8) is 0 Å². The normalized spacial score (nSPS) is 11.4. The van der Waals surface area contributed by atoms with Gasteiger partial charge in [0.1, 0.15) is 5.60 Å². The first kappa shape index (κ1) is 26.8. The summed E-state index contributed by atoms with van der Waals surface area (Å²) in [6, 6.07) is 10.4. The highest BCUT2D eigenvalue weighted by atomic mass is 16.6. The Morgan fingerprint density at radius 1 is 0.871 bits per heavy atom. The Kier molecular flexibility index (Phi) is 13.4. The van der Waals surface area contributed by atoms with Crippen LogP contribution in [-0.4, -0.2) is 54.0 Å². The summed E-state index contributed by atoms with van der Waals surface area (Å²) in [7, 11) is 0. The van der Waals surface area contributed by atoms with Gasteiger partial charge in [0.25, 0.3) is 0 Å². The first-order chi connectivity index (χ1) is 14.8. The van der Waals surface area contributed by atoms with Gasteiger partial charge in [-0.1, -0.05) is 56.0 Å². The molecule has 0 radical (unpaired) electrons. The highest BCUT2D eigenvalue weighted by Gasteiger charge is 2.15. The van der Waals surface area contributed by atoms with Crippen LogP contribution in [0, 0.1) is 0 Å². The van der Waals surface area contributed by atoms with E-state index in [-0.39, 0.29) is 6.09 Å². The van der Waals surface area contributed by atoms with E-state index in [0.29, 0.717) is 13.1 Å². The van der Waals surface area contributed by atoms with Gasteiger partial charge in [0.15, 0.2) is 0 Å². The molecule has 0 fully saturated rings. The van der Waals surface area contributed by atoms with E-state index in [1.54, 1.807) is 0 Å². The molecule has 1 aromatic rings. The number of amides is 2. The minimum atomic E-state index is -0.962. The standard InChI is InChI=1S/C24H41N3O4/c1-24(2,3)31-23(30)26-16-11-6-4-5-7-12-18-27(19-13-17-25-22(28)29)20-21-14-9-8-10-15-21/h8-10,14-15,25H,4-7,11-13,16-20H2,1-3H3,(H,26,30)(H,28,29). The van der Waals surface area contributed by atoms with E-state index in [2.05, 4.69) is 39.8 Å². The van der Waals surface area contributed by atoms with Gasteiger partial charge in [-0.05, 0) is 52.1 Å². The van der Waals surface area contributed by atoms with Crippen molar-refractivity contribution in [1.29, 1.82) is 0 Å². The summed E-state index contributed by atoms with van der Waals surface area (Å²) in [6.45, 7) is 9.52. The van der Waals surface area contributed by atoms with E-state index < -0.39 is 11.7 Å². The van der Waals surface area contributed by atoms with Gasteiger partial charge in [0, 0.05) is 26.2 Å². The predicted octanol–water partition coefficient (Wildman–Crippen LogP) is 5.01. The average Bonchev–Trinajstić information content (AvgIpc) is 2.69. The second-order valence-corrected chi connectivity index (χ2v) is 8.90. The third kappa shape index (κ3) is 16.1. The smallest absolute Gasteiger partial charge is 0.407 e. The Morgan fingerprint density at radius 3 is 2.10 bits per heavy atom. The fraction of sp³-hybridized carbons (Fsp3) is 0.667. The molecule has 0 aliphatic carbocycles. The molecule has 0 atom stereocenters. The highest BCUT2D eigenvalue weighted by molar-refractivity contribution is 5.67. The molecule has 0 bridgehead atoms. The Labute approximate surface area is 187 Å². The highest BCUT2D eigenvalue weighted by Crippen LogP contribution is 2.10. The number of rotatable bonds is 15. The second-order valence-electron chi connectivity index (χ2n) is 8.90. The molecule has 176 valence electrons. The zero-order chi connectivity index (χ0) is 23.0. The molecular formula is C24H41N3O4. The first-order valence-electron chi connectivity index (χ1n) is 11.5. The summed E-state index contributed by atoms with van der Waals surface area (Å²) < 4.78 is 5.22. The number of benzene rings is 1. The van der Waals surface area contributed by atoms with Crippen molar-refractivity contribution < 1.29 is 19.4 Å². The number of hydrogen-bond acceptors (Lipinski definition) is 4. The summed E-state index contributed by atoms with van der Waals surface area (Å²) in [5, 5.41) is 14.0. The van der Waals surface area contributed by atoms with Crippen LogP contribution < -0.4 is 10.6 Å².